The third-order valence-electron chi connectivity index (χ3n) is 5.35. The van der Waals surface area contributed by atoms with Gasteiger partial charge in [0, 0.05) is 44.7 Å². The fraction of sp³-hybridized carbons (Fsp3) is 0.556. The standard InChI is InChI=1S/C18H24N4O2S/c1-20-7-6-15(23)14(12-20)18(24)22-10-8-21(9-11-22)17-13-4-2-3-5-16(13)25-19-17/h2-5,14-15,23H,6-12H2,1H3/t14-,15-/m1/s1. The predicted molar refractivity (Wildman–Crippen MR) is 100 cm³/mol. The van der Waals surface area contributed by atoms with Crippen LogP contribution in [0.5, 0.6) is 0 Å². The molecule has 6 nitrogen and oxygen atoms in total. The first-order chi connectivity index (χ1) is 12.1. The first kappa shape index (κ1) is 16.8. The highest BCUT2D eigenvalue weighted by Crippen LogP contribution is 2.30. The molecule has 134 valence electrons. The normalized spacial score (nSPS) is 25.5. The van der Waals surface area contributed by atoms with Crippen molar-refractivity contribution in [2.45, 2.75) is 12.5 Å². The van der Waals surface area contributed by atoms with Crippen molar-refractivity contribution in [3.8, 4) is 0 Å². The van der Waals surface area contributed by atoms with E-state index in [0.717, 1.165) is 25.5 Å². The van der Waals surface area contributed by atoms with Crippen molar-refractivity contribution in [3.05, 3.63) is 24.3 Å². The first-order valence-corrected chi connectivity index (χ1v) is 9.65. The highest BCUT2D eigenvalue weighted by molar-refractivity contribution is 7.13. The van der Waals surface area contributed by atoms with Crippen molar-refractivity contribution >= 4 is 33.3 Å². The lowest BCUT2D eigenvalue weighted by atomic mass is 9.93. The molecule has 2 aromatic rings. The average molecular weight is 360 g/mol. The van der Waals surface area contributed by atoms with Crippen molar-refractivity contribution in [1.29, 1.82) is 0 Å². The molecule has 0 bridgehead atoms. The van der Waals surface area contributed by atoms with Crippen LogP contribution in [0.2, 0.25) is 0 Å². The zero-order valence-electron chi connectivity index (χ0n) is 14.5. The fourth-order valence-electron chi connectivity index (χ4n) is 3.82. The highest BCUT2D eigenvalue weighted by atomic mass is 32.1. The summed E-state index contributed by atoms with van der Waals surface area (Å²) in [7, 11) is 2.01. The van der Waals surface area contributed by atoms with Crippen LogP contribution < -0.4 is 4.90 Å². The second-order valence-corrected chi connectivity index (χ2v) is 7.84. The van der Waals surface area contributed by atoms with Crippen molar-refractivity contribution in [2.75, 3.05) is 51.2 Å². The Morgan fingerprint density at radius 1 is 1.20 bits per heavy atom. The Hall–Kier alpha value is -1.70. The van der Waals surface area contributed by atoms with Gasteiger partial charge in [0.2, 0.25) is 5.91 Å². The molecular weight excluding hydrogens is 336 g/mol. The number of amides is 1. The van der Waals surface area contributed by atoms with E-state index in [-0.39, 0.29) is 11.8 Å². The second-order valence-electron chi connectivity index (χ2n) is 7.04. The number of hydrogen-bond acceptors (Lipinski definition) is 6. The van der Waals surface area contributed by atoms with Crippen molar-refractivity contribution in [1.82, 2.24) is 14.2 Å². The zero-order chi connectivity index (χ0) is 17.4. The van der Waals surface area contributed by atoms with E-state index < -0.39 is 6.10 Å². The largest absolute Gasteiger partial charge is 0.392 e. The summed E-state index contributed by atoms with van der Waals surface area (Å²) in [6.07, 6.45) is 0.168. The van der Waals surface area contributed by atoms with Crippen molar-refractivity contribution < 1.29 is 9.90 Å². The summed E-state index contributed by atoms with van der Waals surface area (Å²) in [5, 5.41) is 11.4. The van der Waals surface area contributed by atoms with Gasteiger partial charge in [-0.15, -0.1) is 0 Å². The number of aliphatic hydroxyl groups is 1. The topological polar surface area (TPSA) is 59.9 Å². The number of piperazine rings is 1. The van der Waals surface area contributed by atoms with Crippen LogP contribution in [0.15, 0.2) is 24.3 Å². The number of piperidine rings is 1. The van der Waals surface area contributed by atoms with Crippen LogP contribution in [-0.4, -0.2) is 77.6 Å². The molecule has 0 aliphatic carbocycles. The van der Waals surface area contributed by atoms with Crippen LogP contribution in [0, 0.1) is 5.92 Å². The van der Waals surface area contributed by atoms with Gasteiger partial charge < -0.3 is 19.8 Å². The van der Waals surface area contributed by atoms with Gasteiger partial charge in [-0.05, 0) is 37.1 Å². The monoisotopic (exact) mass is 360 g/mol. The number of hydrogen-bond donors (Lipinski definition) is 1. The van der Waals surface area contributed by atoms with E-state index >= 15 is 0 Å². The van der Waals surface area contributed by atoms with E-state index in [0.29, 0.717) is 26.1 Å². The molecule has 0 unspecified atom stereocenters. The van der Waals surface area contributed by atoms with E-state index in [4.69, 9.17) is 0 Å². The molecule has 7 heteroatoms. The first-order valence-electron chi connectivity index (χ1n) is 8.88. The van der Waals surface area contributed by atoms with Gasteiger partial charge in [0.05, 0.1) is 16.7 Å². The number of anilines is 1. The van der Waals surface area contributed by atoms with Gasteiger partial charge in [0.25, 0.3) is 0 Å². The summed E-state index contributed by atoms with van der Waals surface area (Å²) >= 11 is 1.53. The Kier molecular flexibility index (Phi) is 4.62. The Bertz CT molecular complexity index is 756. The number of benzene rings is 1. The number of carbonyl (C=O) groups is 1. The maximum atomic E-state index is 12.8. The van der Waals surface area contributed by atoms with E-state index in [1.54, 1.807) is 0 Å². The van der Waals surface area contributed by atoms with Crippen molar-refractivity contribution in [3.63, 3.8) is 0 Å². The molecule has 25 heavy (non-hydrogen) atoms. The third kappa shape index (κ3) is 3.23. The predicted octanol–water partition coefficient (Wildman–Crippen LogP) is 1.26. The van der Waals surface area contributed by atoms with Gasteiger partial charge in [-0.1, -0.05) is 12.1 Å². The molecule has 3 heterocycles. The molecule has 1 aromatic carbocycles. The molecule has 1 amide bonds. The minimum Gasteiger partial charge on any atom is -0.392 e. The third-order valence-corrected chi connectivity index (χ3v) is 6.16. The van der Waals surface area contributed by atoms with E-state index in [1.165, 1.54) is 21.6 Å². The molecule has 4 rings (SSSR count). The molecule has 2 aliphatic heterocycles. The van der Waals surface area contributed by atoms with E-state index in [1.807, 2.05) is 24.1 Å². The van der Waals surface area contributed by atoms with Crippen molar-refractivity contribution in [2.24, 2.45) is 5.92 Å². The lowest BCUT2D eigenvalue weighted by Gasteiger charge is -2.40. The highest BCUT2D eigenvalue weighted by Gasteiger charge is 2.35. The van der Waals surface area contributed by atoms with Gasteiger partial charge in [-0.25, -0.2) is 0 Å². The maximum Gasteiger partial charge on any atom is 0.229 e. The quantitative estimate of drug-likeness (QED) is 0.874. The maximum absolute atomic E-state index is 12.8. The van der Waals surface area contributed by atoms with Crippen LogP contribution in [0.25, 0.3) is 10.1 Å². The summed E-state index contributed by atoms with van der Waals surface area (Å²) in [6.45, 7) is 4.47. The summed E-state index contributed by atoms with van der Waals surface area (Å²) in [4.78, 5) is 19.1. The lowest BCUT2D eigenvalue weighted by Crippen LogP contribution is -2.55. The number of aromatic nitrogens is 1. The summed E-state index contributed by atoms with van der Waals surface area (Å²) in [5.41, 5.74) is 0. The summed E-state index contributed by atoms with van der Waals surface area (Å²) in [5.74, 6) is 0.845. The molecule has 2 atom stereocenters. The second kappa shape index (κ2) is 6.90. The smallest absolute Gasteiger partial charge is 0.229 e. The molecule has 0 radical (unpaired) electrons. The van der Waals surface area contributed by atoms with Crippen LogP contribution in [0.3, 0.4) is 0 Å². The number of fused-ring (bicyclic) bond motifs is 1. The minimum absolute atomic E-state index is 0.0989. The lowest BCUT2D eigenvalue weighted by molar-refractivity contribution is -0.142. The molecule has 2 fully saturated rings. The van der Waals surface area contributed by atoms with Crippen LogP contribution in [0.1, 0.15) is 6.42 Å². The molecule has 2 aliphatic rings. The molecule has 1 N–H and O–H groups in total. The Morgan fingerprint density at radius 3 is 2.76 bits per heavy atom. The Balaban J connectivity index is 1.42. The molecule has 2 saturated heterocycles. The van der Waals surface area contributed by atoms with Crippen LogP contribution in [-0.2, 0) is 4.79 Å². The van der Waals surface area contributed by atoms with E-state index in [2.05, 4.69) is 26.3 Å². The molecule has 0 saturated carbocycles. The van der Waals surface area contributed by atoms with Crippen LogP contribution >= 0.6 is 11.5 Å². The Labute approximate surface area is 151 Å². The number of nitrogens with zero attached hydrogens (tertiary/aromatic N) is 4. The SMILES string of the molecule is CN1CC[C@@H](O)[C@H](C(=O)N2CCN(c3nsc4ccccc34)CC2)C1. The number of rotatable bonds is 2. The van der Waals surface area contributed by atoms with E-state index in [9.17, 15) is 9.90 Å². The molecule has 0 spiro atoms. The average Bonchev–Trinajstić information content (AvgIpc) is 3.07. The van der Waals surface area contributed by atoms with Gasteiger partial charge in [0.15, 0.2) is 0 Å². The number of aliphatic hydroxyl groups excluding tert-OH is 1. The summed E-state index contributed by atoms with van der Waals surface area (Å²) < 4.78 is 5.82. The van der Waals surface area contributed by atoms with Crippen LogP contribution in [0.4, 0.5) is 5.82 Å². The minimum atomic E-state index is -0.510. The van der Waals surface area contributed by atoms with Gasteiger partial charge in [-0.2, -0.15) is 4.37 Å². The van der Waals surface area contributed by atoms with Gasteiger partial charge >= 0.3 is 0 Å². The van der Waals surface area contributed by atoms with Gasteiger partial charge in [-0.3, -0.25) is 4.79 Å². The number of carbonyl (C=O) groups excluding carboxylic acids is 1. The van der Waals surface area contributed by atoms with Gasteiger partial charge in [0.1, 0.15) is 5.82 Å². The number of likely N-dealkylation sites (tertiary alicyclic amines) is 1. The zero-order valence-corrected chi connectivity index (χ0v) is 15.3. The fourth-order valence-corrected chi connectivity index (χ4v) is 4.61. The molecular formula is C18H24N4O2S. The molecule has 1 aromatic heterocycles. The summed E-state index contributed by atoms with van der Waals surface area (Å²) in [6, 6.07) is 8.28. The Morgan fingerprint density at radius 2 is 1.96 bits per heavy atom.